The van der Waals surface area contributed by atoms with Crippen molar-refractivity contribution >= 4 is 10.9 Å². The second-order valence-corrected chi connectivity index (χ2v) is 6.57. The van der Waals surface area contributed by atoms with E-state index in [1.54, 1.807) is 7.11 Å². The quantitative estimate of drug-likeness (QED) is 0.742. The van der Waals surface area contributed by atoms with Gasteiger partial charge in [-0.3, -0.25) is 9.69 Å². The largest absolute Gasteiger partial charge is 0.497 e. The van der Waals surface area contributed by atoms with Crippen molar-refractivity contribution in [3.8, 4) is 5.75 Å². The molecule has 130 valence electrons. The number of fused-ring (bicyclic) bond motifs is 1. The molecule has 0 aliphatic heterocycles. The SMILES string of the molecule is COc1ccc2[nH]c(=O)c(CN(C)Cc3nc(C4CC4)no3)cc2c1. The Morgan fingerprint density at radius 2 is 2.16 bits per heavy atom. The molecular weight excluding hydrogens is 320 g/mol. The van der Waals surface area contributed by atoms with Crippen molar-refractivity contribution in [2.24, 2.45) is 0 Å². The molecule has 1 aromatic carbocycles. The fraction of sp³-hybridized carbons (Fsp3) is 0.389. The molecule has 4 rings (SSSR count). The van der Waals surface area contributed by atoms with Gasteiger partial charge in [0.05, 0.1) is 13.7 Å². The van der Waals surface area contributed by atoms with E-state index in [1.807, 2.05) is 36.2 Å². The third-order valence-electron chi connectivity index (χ3n) is 4.40. The van der Waals surface area contributed by atoms with Gasteiger partial charge in [-0.05, 0) is 44.2 Å². The minimum absolute atomic E-state index is 0.0892. The van der Waals surface area contributed by atoms with Gasteiger partial charge in [0.2, 0.25) is 5.89 Å². The summed E-state index contributed by atoms with van der Waals surface area (Å²) in [4.78, 5) is 21.6. The van der Waals surface area contributed by atoms with Crippen LogP contribution in [-0.4, -0.2) is 34.2 Å². The molecule has 1 aliphatic rings. The van der Waals surface area contributed by atoms with Crippen molar-refractivity contribution in [1.29, 1.82) is 0 Å². The smallest absolute Gasteiger partial charge is 0.252 e. The maximum atomic E-state index is 12.3. The van der Waals surface area contributed by atoms with Gasteiger partial charge in [-0.2, -0.15) is 4.98 Å². The highest BCUT2D eigenvalue weighted by atomic mass is 16.5. The molecule has 25 heavy (non-hydrogen) atoms. The van der Waals surface area contributed by atoms with E-state index in [4.69, 9.17) is 9.26 Å². The molecule has 0 bridgehead atoms. The van der Waals surface area contributed by atoms with Gasteiger partial charge in [0.1, 0.15) is 5.75 Å². The number of aromatic amines is 1. The summed E-state index contributed by atoms with van der Waals surface area (Å²) in [5.74, 6) is 2.63. The Labute approximate surface area is 144 Å². The Hall–Kier alpha value is -2.67. The van der Waals surface area contributed by atoms with E-state index >= 15 is 0 Å². The summed E-state index contributed by atoms with van der Waals surface area (Å²) in [6.45, 7) is 0.999. The van der Waals surface area contributed by atoms with E-state index < -0.39 is 0 Å². The Balaban J connectivity index is 1.51. The van der Waals surface area contributed by atoms with E-state index in [9.17, 15) is 4.79 Å². The van der Waals surface area contributed by atoms with Crippen molar-refractivity contribution in [2.45, 2.75) is 31.8 Å². The Morgan fingerprint density at radius 3 is 2.92 bits per heavy atom. The minimum Gasteiger partial charge on any atom is -0.497 e. The van der Waals surface area contributed by atoms with Crippen molar-refractivity contribution in [3.05, 3.63) is 51.9 Å². The third-order valence-corrected chi connectivity index (χ3v) is 4.40. The summed E-state index contributed by atoms with van der Waals surface area (Å²) >= 11 is 0. The maximum absolute atomic E-state index is 12.3. The highest BCUT2D eigenvalue weighted by Gasteiger charge is 2.28. The van der Waals surface area contributed by atoms with Gasteiger partial charge in [-0.15, -0.1) is 0 Å². The summed E-state index contributed by atoms with van der Waals surface area (Å²) in [5.41, 5.74) is 1.39. The number of nitrogens with one attached hydrogen (secondary N) is 1. The van der Waals surface area contributed by atoms with Crippen LogP contribution in [0.3, 0.4) is 0 Å². The van der Waals surface area contributed by atoms with Gasteiger partial charge in [0.25, 0.3) is 5.56 Å². The monoisotopic (exact) mass is 340 g/mol. The third kappa shape index (κ3) is 3.41. The first-order valence-corrected chi connectivity index (χ1v) is 8.33. The Morgan fingerprint density at radius 1 is 1.32 bits per heavy atom. The summed E-state index contributed by atoms with van der Waals surface area (Å²) in [6, 6.07) is 7.49. The average Bonchev–Trinajstić information content (AvgIpc) is 3.35. The van der Waals surface area contributed by atoms with Gasteiger partial charge in [-0.25, -0.2) is 0 Å². The number of ether oxygens (including phenoxy) is 1. The molecule has 7 heteroatoms. The standard InChI is InChI=1S/C18H20N4O3/c1-22(10-16-20-17(21-25-16)11-3-4-11)9-13-7-12-8-14(24-2)5-6-15(12)19-18(13)23/h5-8,11H,3-4,9-10H2,1-2H3,(H,19,23). The highest BCUT2D eigenvalue weighted by Crippen LogP contribution is 2.38. The van der Waals surface area contributed by atoms with Gasteiger partial charge >= 0.3 is 0 Å². The lowest BCUT2D eigenvalue weighted by molar-refractivity contribution is 0.259. The van der Waals surface area contributed by atoms with Crippen molar-refractivity contribution in [1.82, 2.24) is 20.0 Å². The normalized spacial score (nSPS) is 14.4. The molecule has 0 spiro atoms. The van der Waals surface area contributed by atoms with Gasteiger partial charge < -0.3 is 14.2 Å². The van der Waals surface area contributed by atoms with E-state index in [-0.39, 0.29) is 5.56 Å². The molecular formula is C18H20N4O3. The van der Waals surface area contributed by atoms with E-state index in [0.29, 0.717) is 30.5 Å². The average molecular weight is 340 g/mol. The molecule has 2 aromatic heterocycles. The summed E-state index contributed by atoms with van der Waals surface area (Å²) in [6.07, 6.45) is 2.29. The van der Waals surface area contributed by atoms with Crippen LogP contribution in [0.5, 0.6) is 5.75 Å². The lowest BCUT2D eigenvalue weighted by Gasteiger charge is -2.14. The van der Waals surface area contributed by atoms with Crippen LogP contribution in [0.4, 0.5) is 0 Å². The van der Waals surface area contributed by atoms with Gasteiger partial charge in [-0.1, -0.05) is 5.16 Å². The maximum Gasteiger partial charge on any atom is 0.252 e. The van der Waals surface area contributed by atoms with Crippen molar-refractivity contribution in [2.75, 3.05) is 14.2 Å². The zero-order valence-electron chi connectivity index (χ0n) is 14.3. The molecule has 0 saturated heterocycles. The zero-order chi connectivity index (χ0) is 17.4. The number of methoxy groups -OCH3 is 1. The lowest BCUT2D eigenvalue weighted by Crippen LogP contribution is -2.23. The number of rotatable bonds is 6. The molecule has 1 N–H and O–H groups in total. The molecule has 0 radical (unpaired) electrons. The molecule has 0 amide bonds. The number of pyridine rings is 1. The van der Waals surface area contributed by atoms with E-state index in [1.165, 1.54) is 0 Å². The van der Waals surface area contributed by atoms with E-state index in [2.05, 4.69) is 15.1 Å². The van der Waals surface area contributed by atoms with Gasteiger partial charge in [0.15, 0.2) is 5.82 Å². The molecule has 1 fully saturated rings. The molecule has 1 aliphatic carbocycles. The molecule has 7 nitrogen and oxygen atoms in total. The summed E-state index contributed by atoms with van der Waals surface area (Å²) < 4.78 is 10.5. The number of hydrogen-bond acceptors (Lipinski definition) is 6. The first-order chi connectivity index (χ1) is 12.1. The predicted molar refractivity (Wildman–Crippen MR) is 92.6 cm³/mol. The van der Waals surface area contributed by atoms with Crippen LogP contribution in [0.15, 0.2) is 33.6 Å². The number of H-pyrrole nitrogens is 1. The number of aromatic nitrogens is 3. The lowest BCUT2D eigenvalue weighted by atomic mass is 10.1. The Kier molecular flexibility index (Phi) is 4.01. The fourth-order valence-corrected chi connectivity index (χ4v) is 2.89. The summed E-state index contributed by atoms with van der Waals surface area (Å²) in [7, 11) is 3.55. The number of hydrogen-bond donors (Lipinski definition) is 1. The molecule has 0 atom stereocenters. The zero-order valence-corrected chi connectivity index (χ0v) is 14.3. The van der Waals surface area contributed by atoms with Crippen LogP contribution in [0, 0.1) is 0 Å². The highest BCUT2D eigenvalue weighted by molar-refractivity contribution is 5.80. The molecule has 3 aromatic rings. The predicted octanol–water partition coefficient (Wildman–Crippen LogP) is 2.43. The minimum atomic E-state index is -0.0892. The van der Waals surface area contributed by atoms with Crippen LogP contribution in [0.25, 0.3) is 10.9 Å². The van der Waals surface area contributed by atoms with Crippen LogP contribution in [-0.2, 0) is 13.1 Å². The van der Waals surface area contributed by atoms with Crippen LogP contribution >= 0.6 is 0 Å². The molecule has 2 heterocycles. The van der Waals surface area contributed by atoms with Gasteiger partial charge in [0, 0.05) is 28.9 Å². The van der Waals surface area contributed by atoms with Crippen LogP contribution < -0.4 is 10.3 Å². The topological polar surface area (TPSA) is 84.3 Å². The first kappa shape index (κ1) is 15.8. The van der Waals surface area contributed by atoms with Crippen molar-refractivity contribution in [3.63, 3.8) is 0 Å². The second-order valence-electron chi connectivity index (χ2n) is 6.57. The fourth-order valence-electron chi connectivity index (χ4n) is 2.89. The second kappa shape index (κ2) is 6.33. The summed E-state index contributed by atoms with van der Waals surface area (Å²) in [5, 5.41) is 4.96. The van der Waals surface area contributed by atoms with E-state index in [0.717, 1.165) is 35.3 Å². The molecule has 1 saturated carbocycles. The van der Waals surface area contributed by atoms with Crippen LogP contribution in [0.2, 0.25) is 0 Å². The molecule has 0 unspecified atom stereocenters. The first-order valence-electron chi connectivity index (χ1n) is 8.33. The number of benzene rings is 1. The van der Waals surface area contributed by atoms with Crippen molar-refractivity contribution < 1.29 is 9.26 Å². The van der Waals surface area contributed by atoms with Crippen LogP contribution in [0.1, 0.15) is 36.0 Å². The Bertz CT molecular complexity index is 958. The number of nitrogens with zero attached hydrogens (tertiary/aromatic N) is 3.